The fourth-order valence-electron chi connectivity index (χ4n) is 17.0. The molecule has 0 amide bonds. The van der Waals surface area contributed by atoms with Gasteiger partial charge in [0.1, 0.15) is 86.0 Å². The number of aryl methyl sites for hydroxylation is 2. The van der Waals surface area contributed by atoms with Crippen LogP contribution in [0, 0.1) is 0 Å². The summed E-state index contributed by atoms with van der Waals surface area (Å²) in [6, 6.07) is 60.9. The lowest BCUT2D eigenvalue weighted by Gasteiger charge is -2.45. The fraction of sp³-hybridized carbons (Fsp3) is 0.267. The molecule has 3 saturated carbocycles. The molecule has 10 heterocycles. The zero-order chi connectivity index (χ0) is 73.7. The highest BCUT2D eigenvalue weighted by molar-refractivity contribution is 5.94. The van der Waals surface area contributed by atoms with Crippen LogP contribution in [0.2, 0.25) is 0 Å². The van der Waals surface area contributed by atoms with Gasteiger partial charge >= 0.3 is 0 Å². The molecular weight excluding hydrogens is 1350 g/mol. The van der Waals surface area contributed by atoms with E-state index in [0.717, 1.165) is 187 Å². The maximum absolute atomic E-state index is 10.4. The molecule has 0 unspecified atom stereocenters. The lowest BCUT2D eigenvalue weighted by Crippen LogP contribution is -2.52. The van der Waals surface area contributed by atoms with E-state index in [0.29, 0.717) is 55.1 Å². The zero-order valence-corrected chi connectivity index (χ0v) is 61.2. The number of benzene rings is 7. The molecule has 8 N–H and O–H groups in total. The van der Waals surface area contributed by atoms with Gasteiger partial charge in [0.2, 0.25) is 0 Å². The molecule has 0 radical (unpaired) electrons. The summed E-state index contributed by atoms with van der Waals surface area (Å²) in [5.41, 5.74) is 36.2. The van der Waals surface area contributed by atoms with E-state index in [1.54, 1.807) is 18.6 Å². The van der Waals surface area contributed by atoms with Crippen LogP contribution in [0.4, 0.5) is 17.5 Å². The number of rotatable bonds is 13. The van der Waals surface area contributed by atoms with E-state index < -0.39 is 11.2 Å². The average molecular weight is 1430 g/mol. The normalized spacial score (nSPS) is 20.2. The van der Waals surface area contributed by atoms with E-state index in [1.807, 2.05) is 102 Å². The van der Waals surface area contributed by atoms with Crippen molar-refractivity contribution in [3.8, 4) is 67.9 Å². The van der Waals surface area contributed by atoms with Crippen LogP contribution in [0.25, 0.3) is 118 Å². The van der Waals surface area contributed by atoms with Gasteiger partial charge in [-0.25, -0.2) is 44.9 Å². The molecule has 1 saturated heterocycles. The van der Waals surface area contributed by atoms with Gasteiger partial charge in [0.25, 0.3) is 0 Å². The Morgan fingerprint density at radius 3 is 1.21 bits per heavy atom. The number of nitrogens with two attached hydrogens (primary N) is 3. The Morgan fingerprint density at radius 1 is 0.417 bits per heavy atom. The highest BCUT2D eigenvalue weighted by Gasteiger charge is 2.44. The highest BCUT2D eigenvalue weighted by Crippen LogP contribution is 2.48. The average Bonchev–Trinajstić information content (AvgIpc) is 1.59. The van der Waals surface area contributed by atoms with Crippen molar-refractivity contribution in [1.82, 2.24) is 81.6 Å². The molecule has 4 aliphatic rings. The molecule has 4 fully saturated rings. The van der Waals surface area contributed by atoms with E-state index in [4.69, 9.17) is 47.1 Å². The van der Waals surface area contributed by atoms with E-state index in [2.05, 4.69) is 179 Å². The third-order valence-electron chi connectivity index (χ3n) is 22.6. The van der Waals surface area contributed by atoms with Gasteiger partial charge in [0, 0.05) is 141 Å². The number of piperazine rings is 1. The number of aliphatic hydroxyl groups is 2. The molecule has 22 heteroatoms. The van der Waals surface area contributed by atoms with Crippen molar-refractivity contribution in [2.75, 3.05) is 50.4 Å². The van der Waals surface area contributed by atoms with E-state index in [1.165, 1.54) is 5.56 Å². The number of nitrogen functional groups attached to an aromatic ring is 3. The van der Waals surface area contributed by atoms with Crippen LogP contribution in [0.3, 0.4) is 0 Å². The molecule has 0 atom stereocenters. The van der Waals surface area contributed by atoms with E-state index in [9.17, 15) is 10.2 Å². The van der Waals surface area contributed by atoms with Crippen LogP contribution in [0.1, 0.15) is 100 Å². The summed E-state index contributed by atoms with van der Waals surface area (Å²) >= 11 is 0. The predicted molar refractivity (Wildman–Crippen MR) is 427 cm³/mol. The standard InChI is InChI=1S/C31H28N6O.C29H32N8.C26H26N6O/c1-31(38)17-23(18-31)30-35-26(27-28(32)33-14-15-36(27)30)22-12-13-25-24(16-22)34-29(21-10-6-3-7-11-21)37(25)19-20-8-4-2-5-9-20;1-34-12-14-36(15-13-34)22-16-21(17-22)29-33-25(26-27(30)31-10-11-37(26)29)20-8-9-24-23(18-20)32-28(35(24)2)19-6-4-3-5-7-19;1-3-31-20-10-9-17(13-19(20)29-24(31)16-7-5-4-6-8-16)21-22-23(27)28-11-12-32(22)25(30-21)18-14-26(2,33)15-18/h2-16,23,38H,17-19H2,1H3,(H2,32,33);3-11,18,21-22H,12-17H2,1-2H3,(H2,30,31);4-13,18,33H,3,14-15H2,1-2H3,(H2,27,28). The number of anilines is 3. The SMILES string of the molecule is CC1(O)CC(c2nc(-c3ccc4c(c3)nc(-c3ccccc3)n4Cc3ccccc3)c3c(N)nccn23)C1.CCn1c(-c2ccccc2)nc2cc(-c3nc(C4CC(C)(O)C4)n4ccnc(N)c34)ccc21.CN1CCN(C2CC(c3nc(-c4ccc5c(c4)nc(-c4ccccc4)n5C)c4c(N)nccn34)C2)CC1. The van der Waals surface area contributed by atoms with Gasteiger partial charge in [-0.1, -0.05) is 140 Å². The Morgan fingerprint density at radius 2 is 0.787 bits per heavy atom. The summed E-state index contributed by atoms with van der Waals surface area (Å²) in [6.45, 7) is 12.1. The number of fused-ring (bicyclic) bond motifs is 6. The first-order valence-corrected chi connectivity index (χ1v) is 37.4. The lowest BCUT2D eigenvalue weighted by atomic mass is 9.72. The molecule has 16 aromatic rings. The molecule has 3 aliphatic carbocycles. The van der Waals surface area contributed by atoms with Crippen molar-refractivity contribution in [2.45, 2.75) is 107 Å². The van der Waals surface area contributed by atoms with Gasteiger partial charge in [0.05, 0.1) is 44.3 Å². The minimum Gasteiger partial charge on any atom is -0.390 e. The molecule has 108 heavy (non-hydrogen) atoms. The summed E-state index contributed by atoms with van der Waals surface area (Å²) in [5.74, 6) is 7.95. The van der Waals surface area contributed by atoms with Crippen LogP contribution in [0.15, 0.2) is 213 Å². The Kier molecular flexibility index (Phi) is 17.1. The first kappa shape index (κ1) is 67.9. The zero-order valence-electron chi connectivity index (χ0n) is 61.2. The van der Waals surface area contributed by atoms with Crippen molar-refractivity contribution < 1.29 is 10.2 Å². The summed E-state index contributed by atoms with van der Waals surface area (Å²) in [7, 11) is 4.28. The fourth-order valence-corrected chi connectivity index (χ4v) is 17.0. The minimum atomic E-state index is -0.645. The third kappa shape index (κ3) is 12.3. The first-order valence-electron chi connectivity index (χ1n) is 37.4. The number of nitrogens with zero attached hydrogens (tertiary/aromatic N) is 17. The van der Waals surface area contributed by atoms with Crippen LogP contribution in [-0.2, 0) is 20.1 Å². The molecule has 7 aromatic carbocycles. The monoisotopic (exact) mass is 1430 g/mol. The van der Waals surface area contributed by atoms with Gasteiger partial charge in [-0.2, -0.15) is 0 Å². The number of hydrogen-bond acceptors (Lipinski definition) is 16. The first-order chi connectivity index (χ1) is 52.5. The maximum atomic E-state index is 10.4. The molecule has 0 bridgehead atoms. The van der Waals surface area contributed by atoms with Crippen LogP contribution >= 0.6 is 0 Å². The topological polar surface area (TPSA) is 269 Å². The van der Waals surface area contributed by atoms with E-state index >= 15 is 0 Å². The van der Waals surface area contributed by atoms with Crippen molar-refractivity contribution in [3.63, 3.8) is 0 Å². The molecular formula is C86H86N20O2. The number of hydrogen-bond donors (Lipinski definition) is 5. The quantitative estimate of drug-likeness (QED) is 0.0718. The largest absolute Gasteiger partial charge is 0.390 e. The van der Waals surface area contributed by atoms with Crippen LogP contribution in [-0.4, -0.2) is 142 Å². The summed E-state index contributed by atoms with van der Waals surface area (Å²) in [4.78, 5) is 48.5. The summed E-state index contributed by atoms with van der Waals surface area (Å²) in [5, 5.41) is 20.6. The highest BCUT2D eigenvalue weighted by atomic mass is 16.3. The van der Waals surface area contributed by atoms with Gasteiger partial charge in [0.15, 0.2) is 0 Å². The Bertz CT molecular complexity index is 6020. The van der Waals surface area contributed by atoms with Crippen molar-refractivity contribution in [1.29, 1.82) is 0 Å². The molecule has 22 nitrogen and oxygen atoms in total. The van der Waals surface area contributed by atoms with Crippen molar-refractivity contribution >= 4 is 67.1 Å². The Balaban J connectivity index is 0.000000115. The summed E-state index contributed by atoms with van der Waals surface area (Å²) in [6.07, 6.45) is 16.0. The molecule has 20 rings (SSSR count). The third-order valence-corrected chi connectivity index (χ3v) is 22.6. The van der Waals surface area contributed by atoms with Gasteiger partial charge in [-0.3, -0.25) is 18.1 Å². The lowest BCUT2D eigenvalue weighted by molar-refractivity contribution is -0.0340. The maximum Gasteiger partial charge on any atom is 0.150 e. The molecule has 0 spiro atoms. The number of aromatic nitrogens is 15. The number of imidazole rings is 6. The number of likely N-dealkylation sites (N-methyl/N-ethyl adjacent to an activating group) is 1. The molecule has 1 aliphatic heterocycles. The predicted octanol–water partition coefficient (Wildman–Crippen LogP) is 14.3. The minimum absolute atomic E-state index is 0.173. The van der Waals surface area contributed by atoms with E-state index in [-0.39, 0.29) is 11.8 Å². The summed E-state index contributed by atoms with van der Waals surface area (Å²) < 4.78 is 12.9. The van der Waals surface area contributed by atoms with Gasteiger partial charge in [-0.15, -0.1) is 0 Å². The smallest absolute Gasteiger partial charge is 0.150 e. The van der Waals surface area contributed by atoms with Crippen molar-refractivity contribution in [3.05, 3.63) is 236 Å². The Labute approximate surface area is 624 Å². The van der Waals surface area contributed by atoms with Crippen LogP contribution in [0.5, 0.6) is 0 Å². The second kappa shape index (κ2) is 27.1. The molecule has 542 valence electrons. The van der Waals surface area contributed by atoms with Crippen LogP contribution < -0.4 is 17.2 Å². The second-order valence-corrected chi connectivity index (χ2v) is 30.3. The van der Waals surface area contributed by atoms with Gasteiger partial charge in [-0.05, 0) is 108 Å². The Hall–Kier alpha value is -12.0. The van der Waals surface area contributed by atoms with Gasteiger partial charge < -0.3 is 46.0 Å². The second-order valence-electron chi connectivity index (χ2n) is 30.3. The van der Waals surface area contributed by atoms with Crippen molar-refractivity contribution in [2.24, 2.45) is 7.05 Å². The molecule has 9 aromatic heterocycles.